The van der Waals surface area contributed by atoms with Gasteiger partial charge in [0.05, 0.1) is 6.26 Å². The molecule has 11 heavy (non-hydrogen) atoms. The average molecular weight is 144 g/mol. The molecule has 0 fully saturated rings. The standard InChI is InChI=1S/C9H9BO/c1-7-4-5-8(10-7)9-3-2-6-11-9/h2-6,10H,1H3. The van der Waals surface area contributed by atoms with E-state index in [9.17, 15) is 0 Å². The molecule has 0 amide bonds. The van der Waals surface area contributed by atoms with E-state index in [0.29, 0.717) is 0 Å². The van der Waals surface area contributed by atoms with Gasteiger partial charge in [0.2, 0.25) is 0 Å². The predicted molar refractivity (Wildman–Crippen MR) is 47.6 cm³/mol. The van der Waals surface area contributed by atoms with Crippen molar-refractivity contribution in [1.82, 2.24) is 0 Å². The lowest BCUT2D eigenvalue weighted by molar-refractivity contribution is 0.555. The molecule has 0 saturated heterocycles. The fraction of sp³-hybridized carbons (Fsp3) is 0.111. The largest absolute Gasteiger partial charge is 0.466 e. The minimum Gasteiger partial charge on any atom is -0.466 e. The lowest BCUT2D eigenvalue weighted by atomic mass is 9.66. The van der Waals surface area contributed by atoms with Crippen LogP contribution in [0.5, 0.6) is 0 Å². The summed E-state index contributed by atoms with van der Waals surface area (Å²) < 4.78 is 5.26. The van der Waals surface area contributed by atoms with E-state index in [4.69, 9.17) is 4.42 Å². The molecule has 1 nitrogen and oxygen atoms in total. The third-order valence-corrected chi connectivity index (χ3v) is 1.88. The predicted octanol–water partition coefficient (Wildman–Crippen LogP) is 1.97. The van der Waals surface area contributed by atoms with Crippen LogP contribution in [0.4, 0.5) is 0 Å². The number of allylic oxidation sites excluding steroid dienone is 3. The Hall–Kier alpha value is -1.18. The van der Waals surface area contributed by atoms with Crippen LogP contribution in [0.15, 0.2) is 40.4 Å². The van der Waals surface area contributed by atoms with Gasteiger partial charge in [0, 0.05) is 0 Å². The highest BCUT2D eigenvalue weighted by atomic mass is 16.3. The summed E-state index contributed by atoms with van der Waals surface area (Å²) in [4.78, 5) is 0. The van der Waals surface area contributed by atoms with Crippen molar-refractivity contribution in [2.75, 3.05) is 0 Å². The Morgan fingerprint density at radius 3 is 2.82 bits per heavy atom. The minimum atomic E-state index is 0.998. The number of hydrogen-bond acceptors (Lipinski definition) is 1. The topological polar surface area (TPSA) is 13.1 Å². The maximum atomic E-state index is 5.26. The van der Waals surface area contributed by atoms with Gasteiger partial charge in [-0.1, -0.05) is 19.1 Å². The van der Waals surface area contributed by atoms with Crippen molar-refractivity contribution in [2.45, 2.75) is 6.92 Å². The van der Waals surface area contributed by atoms with Crippen molar-refractivity contribution in [1.29, 1.82) is 0 Å². The van der Waals surface area contributed by atoms with Gasteiger partial charge in [-0.25, -0.2) is 0 Å². The summed E-state index contributed by atoms with van der Waals surface area (Å²) in [5.74, 6) is 0.998. The van der Waals surface area contributed by atoms with Crippen molar-refractivity contribution in [3.8, 4) is 0 Å². The second-order valence-corrected chi connectivity index (χ2v) is 2.86. The number of hydrogen-bond donors (Lipinski definition) is 0. The Kier molecular flexibility index (Phi) is 1.46. The number of furan rings is 1. The van der Waals surface area contributed by atoms with Gasteiger partial charge in [-0.2, -0.15) is 0 Å². The SMILES string of the molecule is CC1=CC=C(c2ccco2)B1. The molecule has 0 saturated carbocycles. The van der Waals surface area contributed by atoms with Crippen molar-refractivity contribution < 1.29 is 4.42 Å². The Morgan fingerprint density at radius 1 is 1.36 bits per heavy atom. The maximum absolute atomic E-state index is 5.26. The molecular weight excluding hydrogens is 135 g/mol. The Balaban J connectivity index is 2.23. The summed E-state index contributed by atoms with van der Waals surface area (Å²) in [6, 6.07) is 3.92. The molecule has 0 aromatic carbocycles. The summed E-state index contributed by atoms with van der Waals surface area (Å²) in [7, 11) is 1.04. The summed E-state index contributed by atoms with van der Waals surface area (Å²) in [6.45, 7) is 2.13. The Bertz CT molecular complexity index is 306. The van der Waals surface area contributed by atoms with Crippen molar-refractivity contribution >= 4 is 12.8 Å². The van der Waals surface area contributed by atoms with E-state index in [1.807, 2.05) is 12.1 Å². The first-order valence-corrected chi connectivity index (χ1v) is 3.76. The van der Waals surface area contributed by atoms with Gasteiger partial charge >= 0.3 is 0 Å². The highest BCUT2D eigenvalue weighted by molar-refractivity contribution is 6.68. The molecule has 0 aliphatic carbocycles. The van der Waals surface area contributed by atoms with E-state index in [-0.39, 0.29) is 0 Å². The molecule has 2 rings (SSSR count). The minimum absolute atomic E-state index is 0.998. The van der Waals surface area contributed by atoms with Crippen LogP contribution in [0, 0.1) is 0 Å². The number of rotatable bonds is 1. The van der Waals surface area contributed by atoms with Crippen LogP contribution < -0.4 is 0 Å². The molecule has 0 atom stereocenters. The second kappa shape index (κ2) is 2.46. The van der Waals surface area contributed by atoms with Gasteiger partial charge < -0.3 is 4.42 Å². The Labute approximate surface area is 66.7 Å². The van der Waals surface area contributed by atoms with Crippen LogP contribution in [-0.2, 0) is 0 Å². The van der Waals surface area contributed by atoms with Crippen molar-refractivity contribution in [3.05, 3.63) is 41.8 Å². The first-order chi connectivity index (χ1) is 5.36. The van der Waals surface area contributed by atoms with Gasteiger partial charge in [-0.15, -0.1) is 5.47 Å². The summed E-state index contributed by atoms with van der Waals surface area (Å²) in [5, 5.41) is 0. The van der Waals surface area contributed by atoms with Gasteiger partial charge in [0.1, 0.15) is 5.76 Å². The van der Waals surface area contributed by atoms with E-state index in [1.54, 1.807) is 6.26 Å². The van der Waals surface area contributed by atoms with Crippen LogP contribution in [0.3, 0.4) is 0 Å². The smallest absolute Gasteiger partial charge is 0.191 e. The van der Waals surface area contributed by atoms with E-state index in [1.165, 1.54) is 10.9 Å². The van der Waals surface area contributed by atoms with Crippen LogP contribution >= 0.6 is 0 Å². The summed E-state index contributed by atoms with van der Waals surface area (Å²) >= 11 is 0. The maximum Gasteiger partial charge on any atom is 0.191 e. The zero-order chi connectivity index (χ0) is 7.68. The summed E-state index contributed by atoms with van der Waals surface area (Å²) in [6.07, 6.45) is 5.97. The van der Waals surface area contributed by atoms with Crippen LogP contribution in [0.1, 0.15) is 12.7 Å². The van der Waals surface area contributed by atoms with E-state index >= 15 is 0 Å². The normalized spacial score (nSPS) is 15.7. The highest BCUT2D eigenvalue weighted by Crippen LogP contribution is 2.20. The molecule has 54 valence electrons. The molecule has 1 aromatic rings. The zero-order valence-corrected chi connectivity index (χ0v) is 6.50. The van der Waals surface area contributed by atoms with Crippen molar-refractivity contribution in [2.24, 2.45) is 0 Å². The van der Waals surface area contributed by atoms with Crippen LogP contribution in [0.25, 0.3) is 5.47 Å². The first kappa shape index (κ1) is 6.53. The second-order valence-electron chi connectivity index (χ2n) is 2.86. The van der Waals surface area contributed by atoms with Crippen molar-refractivity contribution in [3.63, 3.8) is 0 Å². The fourth-order valence-corrected chi connectivity index (χ4v) is 1.29. The quantitative estimate of drug-likeness (QED) is 0.549. The monoisotopic (exact) mass is 144 g/mol. The summed E-state index contributed by atoms with van der Waals surface area (Å²) in [5.41, 5.74) is 2.68. The molecular formula is C9H9BO. The molecule has 0 N–H and O–H groups in total. The molecule has 0 unspecified atom stereocenters. The molecule has 1 aliphatic heterocycles. The van der Waals surface area contributed by atoms with E-state index in [0.717, 1.165) is 13.0 Å². The van der Waals surface area contributed by atoms with E-state index < -0.39 is 0 Å². The Morgan fingerprint density at radius 2 is 2.27 bits per heavy atom. The highest BCUT2D eigenvalue weighted by Gasteiger charge is 2.10. The first-order valence-electron chi connectivity index (χ1n) is 3.76. The van der Waals surface area contributed by atoms with Gasteiger partial charge in [0.15, 0.2) is 7.28 Å². The molecule has 2 heteroatoms. The van der Waals surface area contributed by atoms with Crippen LogP contribution in [0.2, 0.25) is 0 Å². The third kappa shape index (κ3) is 1.16. The van der Waals surface area contributed by atoms with Gasteiger partial charge in [0.25, 0.3) is 0 Å². The average Bonchev–Trinajstić information content (AvgIpc) is 2.55. The third-order valence-electron chi connectivity index (χ3n) is 1.88. The fourth-order valence-electron chi connectivity index (χ4n) is 1.29. The molecule has 2 heterocycles. The molecule has 0 spiro atoms. The van der Waals surface area contributed by atoms with Gasteiger partial charge in [-0.3, -0.25) is 0 Å². The molecule has 0 radical (unpaired) electrons. The van der Waals surface area contributed by atoms with Gasteiger partial charge in [-0.05, 0) is 17.6 Å². The lowest BCUT2D eigenvalue weighted by Crippen LogP contribution is -1.90. The molecule has 1 aliphatic rings. The van der Waals surface area contributed by atoms with Crippen LogP contribution in [-0.4, -0.2) is 7.28 Å². The molecule has 0 bridgehead atoms. The molecule has 1 aromatic heterocycles. The zero-order valence-electron chi connectivity index (χ0n) is 6.50. The lowest BCUT2D eigenvalue weighted by Gasteiger charge is -1.94. The van der Waals surface area contributed by atoms with E-state index in [2.05, 4.69) is 19.1 Å².